The number of carbonyl (C=O) groups excluding carboxylic acids is 1. The van der Waals surface area contributed by atoms with Crippen LogP contribution in [-0.4, -0.2) is 42.1 Å². The molecule has 0 aliphatic carbocycles. The van der Waals surface area contributed by atoms with Crippen molar-refractivity contribution in [3.8, 4) is 10.6 Å². The van der Waals surface area contributed by atoms with Gasteiger partial charge in [0.25, 0.3) is 5.91 Å². The van der Waals surface area contributed by atoms with Gasteiger partial charge in [0.15, 0.2) is 11.5 Å². The Morgan fingerprint density at radius 1 is 1.57 bits per heavy atom. The molecule has 1 saturated heterocycles. The number of likely N-dealkylation sites (tertiary alicyclic amines) is 1. The minimum atomic E-state index is -0.0449. The molecule has 1 N–H and O–H groups in total. The quantitative estimate of drug-likeness (QED) is 0.941. The van der Waals surface area contributed by atoms with Crippen LogP contribution in [0.2, 0.25) is 0 Å². The van der Waals surface area contributed by atoms with Crippen LogP contribution in [0.15, 0.2) is 28.1 Å². The van der Waals surface area contributed by atoms with Gasteiger partial charge in [-0.2, -0.15) is 0 Å². The first-order chi connectivity index (χ1) is 9.78. The maximum Gasteiger partial charge on any atom is 0.276 e. The first-order valence-electron chi connectivity index (χ1n) is 6.75. The van der Waals surface area contributed by atoms with Gasteiger partial charge in [0, 0.05) is 25.2 Å². The van der Waals surface area contributed by atoms with Crippen molar-refractivity contribution >= 4 is 29.7 Å². The highest BCUT2D eigenvalue weighted by Crippen LogP contribution is 2.25. The van der Waals surface area contributed by atoms with Crippen LogP contribution in [-0.2, 0) is 0 Å². The number of aromatic nitrogens is 1. The minimum absolute atomic E-state index is 0. The molecule has 1 aliphatic heterocycles. The molecule has 0 bridgehead atoms. The fraction of sp³-hybridized carbons (Fsp3) is 0.429. The third-order valence-corrected chi connectivity index (χ3v) is 4.49. The van der Waals surface area contributed by atoms with E-state index in [-0.39, 0.29) is 18.3 Å². The molecule has 2 aromatic heterocycles. The summed E-state index contributed by atoms with van der Waals surface area (Å²) in [5, 5.41) is 9.12. The maximum absolute atomic E-state index is 12.4. The summed E-state index contributed by atoms with van der Waals surface area (Å²) < 4.78 is 5.27. The number of nitrogens with one attached hydrogen (secondary N) is 1. The van der Waals surface area contributed by atoms with Crippen LogP contribution < -0.4 is 5.32 Å². The molecule has 1 aliphatic rings. The molecule has 3 rings (SSSR count). The summed E-state index contributed by atoms with van der Waals surface area (Å²) in [4.78, 5) is 15.3. The van der Waals surface area contributed by atoms with Crippen molar-refractivity contribution in [2.75, 3.05) is 20.1 Å². The van der Waals surface area contributed by atoms with Crippen LogP contribution in [0, 0.1) is 0 Å². The highest BCUT2D eigenvalue weighted by molar-refractivity contribution is 7.13. The van der Waals surface area contributed by atoms with Crippen molar-refractivity contribution in [2.24, 2.45) is 0 Å². The molecular weight excluding hydrogens is 310 g/mol. The van der Waals surface area contributed by atoms with Crippen molar-refractivity contribution in [1.82, 2.24) is 15.4 Å². The molecule has 7 heteroatoms. The average molecular weight is 328 g/mol. The molecule has 3 heterocycles. The fourth-order valence-electron chi connectivity index (χ4n) is 2.47. The second-order valence-electron chi connectivity index (χ2n) is 4.93. The second-order valence-corrected chi connectivity index (χ2v) is 5.88. The third-order valence-electron chi connectivity index (χ3n) is 3.61. The molecule has 2 aromatic rings. The lowest BCUT2D eigenvalue weighted by Crippen LogP contribution is -2.47. The lowest BCUT2D eigenvalue weighted by molar-refractivity contribution is 0.0688. The minimum Gasteiger partial charge on any atom is -0.355 e. The van der Waals surface area contributed by atoms with Crippen molar-refractivity contribution in [3.05, 3.63) is 29.3 Å². The number of nitrogens with zero attached hydrogens (tertiary/aromatic N) is 2. The van der Waals surface area contributed by atoms with Gasteiger partial charge in [0.2, 0.25) is 0 Å². The van der Waals surface area contributed by atoms with Crippen molar-refractivity contribution in [2.45, 2.75) is 18.9 Å². The summed E-state index contributed by atoms with van der Waals surface area (Å²) in [6, 6.07) is 6.01. The van der Waals surface area contributed by atoms with E-state index in [2.05, 4.69) is 10.5 Å². The Balaban J connectivity index is 0.00000161. The number of likely N-dealkylation sites (N-methyl/N-ethyl adjacent to an activating group) is 1. The summed E-state index contributed by atoms with van der Waals surface area (Å²) in [7, 11) is 1.93. The van der Waals surface area contributed by atoms with Gasteiger partial charge in [-0.25, -0.2) is 0 Å². The number of halogens is 1. The van der Waals surface area contributed by atoms with E-state index in [1.165, 1.54) is 0 Å². The van der Waals surface area contributed by atoms with Gasteiger partial charge >= 0.3 is 0 Å². The van der Waals surface area contributed by atoms with Gasteiger partial charge in [-0.1, -0.05) is 11.2 Å². The molecule has 0 aromatic carbocycles. The van der Waals surface area contributed by atoms with Crippen LogP contribution >= 0.6 is 23.7 Å². The van der Waals surface area contributed by atoms with E-state index in [4.69, 9.17) is 4.52 Å². The number of thiophene rings is 1. The molecular formula is C14H18ClN3O2S. The summed E-state index contributed by atoms with van der Waals surface area (Å²) in [5.74, 6) is 0.613. The normalized spacial score (nSPS) is 18.3. The first-order valence-corrected chi connectivity index (χ1v) is 7.63. The first kappa shape index (κ1) is 16.0. The van der Waals surface area contributed by atoms with Crippen LogP contribution in [0.1, 0.15) is 23.3 Å². The van der Waals surface area contributed by atoms with Crippen molar-refractivity contribution in [3.63, 3.8) is 0 Å². The van der Waals surface area contributed by atoms with E-state index in [0.29, 0.717) is 17.5 Å². The Bertz CT molecular complexity index is 585. The van der Waals surface area contributed by atoms with Crippen molar-refractivity contribution < 1.29 is 9.32 Å². The molecule has 1 amide bonds. The summed E-state index contributed by atoms with van der Waals surface area (Å²) >= 11 is 1.57. The largest absolute Gasteiger partial charge is 0.355 e. The number of hydrogen-bond acceptors (Lipinski definition) is 5. The molecule has 0 spiro atoms. The second kappa shape index (κ2) is 7.06. The zero-order chi connectivity index (χ0) is 13.9. The molecule has 0 saturated carbocycles. The van der Waals surface area contributed by atoms with E-state index < -0.39 is 0 Å². The van der Waals surface area contributed by atoms with E-state index in [0.717, 1.165) is 30.8 Å². The lowest BCUT2D eigenvalue weighted by atomic mass is 10.1. The van der Waals surface area contributed by atoms with E-state index in [9.17, 15) is 4.79 Å². The predicted molar refractivity (Wildman–Crippen MR) is 85.0 cm³/mol. The molecule has 5 nitrogen and oxygen atoms in total. The summed E-state index contributed by atoms with van der Waals surface area (Å²) in [5.41, 5.74) is 0.394. The average Bonchev–Trinajstić information content (AvgIpc) is 3.17. The molecule has 1 unspecified atom stereocenters. The van der Waals surface area contributed by atoms with Crippen LogP contribution in [0.5, 0.6) is 0 Å². The predicted octanol–water partition coefficient (Wildman–Crippen LogP) is 2.65. The number of piperidine rings is 1. The molecule has 21 heavy (non-hydrogen) atoms. The van der Waals surface area contributed by atoms with Gasteiger partial charge in [-0.05, 0) is 31.3 Å². The van der Waals surface area contributed by atoms with Gasteiger partial charge in [-0.3, -0.25) is 4.79 Å². The monoisotopic (exact) mass is 327 g/mol. The number of carbonyl (C=O) groups is 1. The molecule has 1 fully saturated rings. The molecule has 1 atom stereocenters. The van der Waals surface area contributed by atoms with E-state index in [1.54, 1.807) is 17.4 Å². The smallest absolute Gasteiger partial charge is 0.276 e. The zero-order valence-corrected chi connectivity index (χ0v) is 13.4. The van der Waals surface area contributed by atoms with Gasteiger partial charge < -0.3 is 14.7 Å². The zero-order valence-electron chi connectivity index (χ0n) is 11.7. The number of hydrogen-bond donors (Lipinski definition) is 1. The third kappa shape index (κ3) is 3.45. The summed E-state index contributed by atoms with van der Waals surface area (Å²) in [6.07, 6.45) is 2.13. The Hall–Kier alpha value is -1.37. The summed E-state index contributed by atoms with van der Waals surface area (Å²) in [6.45, 7) is 1.52. The van der Waals surface area contributed by atoms with Gasteiger partial charge in [0.1, 0.15) is 0 Å². The Morgan fingerprint density at radius 2 is 2.43 bits per heavy atom. The van der Waals surface area contributed by atoms with Crippen molar-refractivity contribution in [1.29, 1.82) is 0 Å². The SMILES string of the molecule is CNC1CCCN(C(=O)c2cc(-c3cccs3)on2)C1.Cl. The van der Waals surface area contributed by atoms with Gasteiger partial charge in [0.05, 0.1) is 4.88 Å². The maximum atomic E-state index is 12.4. The van der Waals surface area contributed by atoms with Crippen LogP contribution in [0.25, 0.3) is 10.6 Å². The fourth-order valence-corrected chi connectivity index (χ4v) is 3.14. The van der Waals surface area contributed by atoms with E-state index >= 15 is 0 Å². The van der Waals surface area contributed by atoms with Crippen LogP contribution in [0.3, 0.4) is 0 Å². The topological polar surface area (TPSA) is 58.4 Å². The van der Waals surface area contributed by atoms with Gasteiger partial charge in [-0.15, -0.1) is 23.7 Å². The highest BCUT2D eigenvalue weighted by atomic mass is 35.5. The number of rotatable bonds is 3. The van der Waals surface area contributed by atoms with Crippen LogP contribution in [0.4, 0.5) is 0 Å². The Kier molecular flexibility index (Phi) is 5.39. The van der Waals surface area contributed by atoms with E-state index in [1.807, 2.05) is 29.5 Å². The Labute approximate surface area is 133 Å². The molecule has 0 radical (unpaired) electrons. The molecule has 114 valence electrons. The Morgan fingerprint density at radius 3 is 3.14 bits per heavy atom. The number of amides is 1. The lowest BCUT2D eigenvalue weighted by Gasteiger charge is -2.31. The standard InChI is InChI=1S/C14H17N3O2S.ClH/c1-15-10-4-2-6-17(9-10)14(18)11-8-12(19-16-11)13-5-3-7-20-13;/h3,5,7-8,10,15H,2,4,6,9H2,1H3;1H. The highest BCUT2D eigenvalue weighted by Gasteiger charge is 2.25.